The Morgan fingerprint density at radius 3 is 1.95 bits per heavy atom. The van der Waals surface area contributed by atoms with Crippen LogP contribution >= 0.6 is 0 Å². The molecule has 212 valence electrons. The Morgan fingerprint density at radius 1 is 0.805 bits per heavy atom. The number of carbonyl (C=O) groups excluding carboxylic acids is 2. The van der Waals surface area contributed by atoms with Gasteiger partial charge in [0.25, 0.3) is 0 Å². The highest BCUT2D eigenvalue weighted by molar-refractivity contribution is 6.90. The van der Waals surface area contributed by atoms with Gasteiger partial charge >= 0.3 is 0 Å². The molecular weight excluding hydrogens is 524 g/mol. The summed E-state index contributed by atoms with van der Waals surface area (Å²) in [4.78, 5) is 27.8. The summed E-state index contributed by atoms with van der Waals surface area (Å²) < 4.78 is 0. The lowest BCUT2D eigenvalue weighted by molar-refractivity contribution is -0.129. The zero-order valence-corrected chi connectivity index (χ0v) is 25.2. The molecule has 0 unspecified atom stereocenters. The van der Waals surface area contributed by atoms with E-state index in [-0.39, 0.29) is 23.6 Å². The highest BCUT2D eigenvalue weighted by Gasteiger charge is 2.28. The van der Waals surface area contributed by atoms with E-state index in [1.54, 1.807) is 19.1 Å². The van der Waals surface area contributed by atoms with E-state index >= 15 is 0 Å². The number of benzene rings is 4. The number of phenolic OH excluding ortho intramolecular Hbond substituents is 1. The minimum absolute atomic E-state index is 0.0327. The van der Waals surface area contributed by atoms with Crippen LogP contribution in [0.4, 0.5) is 0 Å². The van der Waals surface area contributed by atoms with Crippen molar-refractivity contribution in [3.63, 3.8) is 0 Å². The molecule has 0 atom stereocenters. The fourth-order valence-electron chi connectivity index (χ4n) is 5.24. The second-order valence-corrected chi connectivity index (χ2v) is 16.0. The summed E-state index contributed by atoms with van der Waals surface area (Å²) in [5, 5.41) is 14.1. The Hall–Kier alpha value is -4.16. The molecule has 5 nitrogen and oxygen atoms in total. The molecule has 0 fully saturated rings. The molecule has 0 aromatic heterocycles. The molecule has 4 rings (SSSR count). The van der Waals surface area contributed by atoms with Gasteiger partial charge in [-0.3, -0.25) is 9.59 Å². The van der Waals surface area contributed by atoms with Crippen molar-refractivity contribution in [1.29, 1.82) is 0 Å². The molecule has 0 saturated heterocycles. The number of hydrogen-bond acceptors (Lipinski definition) is 3. The summed E-state index contributed by atoms with van der Waals surface area (Å²) in [6.45, 7) is 7.36. The van der Waals surface area contributed by atoms with Gasteiger partial charge in [0.1, 0.15) is 5.75 Å². The normalized spacial score (nSPS) is 11.3. The quantitative estimate of drug-likeness (QED) is 0.202. The minimum atomic E-state index is -2.02. The van der Waals surface area contributed by atoms with Gasteiger partial charge in [-0.25, -0.2) is 0 Å². The molecule has 4 aromatic carbocycles. The van der Waals surface area contributed by atoms with Crippen molar-refractivity contribution in [2.75, 3.05) is 6.54 Å². The molecule has 4 aromatic rings. The van der Waals surface area contributed by atoms with Gasteiger partial charge in [0, 0.05) is 26.4 Å². The van der Waals surface area contributed by atoms with E-state index in [2.05, 4.69) is 60.9 Å². The van der Waals surface area contributed by atoms with Crippen LogP contribution in [0.2, 0.25) is 19.1 Å². The Labute approximate surface area is 244 Å². The Bertz CT molecular complexity index is 1380. The molecule has 0 radical (unpaired) electrons. The van der Waals surface area contributed by atoms with Crippen molar-refractivity contribution in [1.82, 2.24) is 10.2 Å². The van der Waals surface area contributed by atoms with E-state index in [4.69, 9.17) is 0 Å². The SMILES string of the molecule is CC(=O)N(CCc1ccc(O)cc1)Cc1ccccc1[Si](C)(C)CCC(=O)NC(c1ccccc1)c1ccccc1. The van der Waals surface area contributed by atoms with Crippen LogP contribution in [0.25, 0.3) is 0 Å². The Balaban J connectivity index is 1.43. The standard InChI is InChI=1S/C35H40N2O3Si/c1-27(38)37(24-22-28-18-20-32(39)21-19-28)26-31-16-10-11-17-33(31)41(2,3)25-23-34(40)36-35(29-12-6-4-7-13-29)30-14-8-5-9-15-30/h4-21,35,39H,22-26H2,1-3H3,(H,36,40). The third kappa shape index (κ3) is 8.41. The molecule has 0 heterocycles. The van der Waals surface area contributed by atoms with Crippen molar-refractivity contribution in [3.05, 3.63) is 131 Å². The second kappa shape index (κ2) is 13.9. The maximum Gasteiger partial charge on any atom is 0.220 e. The lowest BCUT2D eigenvalue weighted by Crippen LogP contribution is -2.46. The molecule has 2 amide bonds. The van der Waals surface area contributed by atoms with Crippen molar-refractivity contribution in [2.24, 2.45) is 0 Å². The van der Waals surface area contributed by atoms with E-state index in [0.29, 0.717) is 25.9 Å². The van der Waals surface area contributed by atoms with Crippen LogP contribution in [-0.4, -0.2) is 36.4 Å². The first kappa shape index (κ1) is 29.8. The molecule has 0 aliphatic carbocycles. The van der Waals surface area contributed by atoms with Gasteiger partial charge in [-0.1, -0.05) is 115 Å². The molecule has 2 N–H and O–H groups in total. The molecule has 0 aliphatic rings. The second-order valence-electron chi connectivity index (χ2n) is 11.2. The van der Waals surface area contributed by atoms with E-state index < -0.39 is 8.07 Å². The summed E-state index contributed by atoms with van der Waals surface area (Å²) >= 11 is 0. The van der Waals surface area contributed by atoms with Gasteiger partial charge in [0.05, 0.1) is 14.1 Å². The number of nitrogens with one attached hydrogen (secondary N) is 1. The Morgan fingerprint density at radius 2 is 1.37 bits per heavy atom. The van der Waals surface area contributed by atoms with Gasteiger partial charge in [-0.05, 0) is 46.9 Å². The van der Waals surface area contributed by atoms with E-state index in [1.165, 1.54) is 5.19 Å². The summed E-state index contributed by atoms with van der Waals surface area (Å²) in [6.07, 6.45) is 1.16. The van der Waals surface area contributed by atoms with Crippen molar-refractivity contribution in [3.8, 4) is 5.75 Å². The van der Waals surface area contributed by atoms with Crippen molar-refractivity contribution < 1.29 is 14.7 Å². The highest BCUT2D eigenvalue weighted by atomic mass is 28.3. The summed E-state index contributed by atoms with van der Waals surface area (Å²) in [5.74, 6) is 0.313. The maximum atomic E-state index is 13.3. The molecular formula is C35H40N2O3Si. The summed E-state index contributed by atoms with van der Waals surface area (Å²) in [6, 6.07) is 36.3. The fraction of sp³-hybridized carbons (Fsp3) is 0.257. The predicted octanol–water partition coefficient (Wildman–Crippen LogP) is 6.19. The molecule has 0 saturated carbocycles. The van der Waals surface area contributed by atoms with E-state index in [9.17, 15) is 14.7 Å². The number of rotatable bonds is 12. The van der Waals surface area contributed by atoms with Crippen LogP contribution in [0.3, 0.4) is 0 Å². The van der Waals surface area contributed by atoms with Gasteiger partial charge < -0.3 is 15.3 Å². The number of carbonyl (C=O) groups is 2. The van der Waals surface area contributed by atoms with Crippen LogP contribution < -0.4 is 10.5 Å². The highest BCUT2D eigenvalue weighted by Crippen LogP contribution is 2.23. The summed E-state index contributed by atoms with van der Waals surface area (Å²) in [7, 11) is -2.02. The van der Waals surface area contributed by atoms with Crippen molar-refractivity contribution in [2.45, 2.75) is 51.5 Å². The zero-order valence-electron chi connectivity index (χ0n) is 24.2. The zero-order chi connectivity index (χ0) is 29.2. The third-order valence-corrected chi connectivity index (χ3v) is 11.2. The van der Waals surface area contributed by atoms with E-state index in [0.717, 1.165) is 28.3 Å². The lowest BCUT2D eigenvalue weighted by atomic mass is 9.98. The predicted molar refractivity (Wildman–Crippen MR) is 169 cm³/mol. The molecule has 0 aliphatic heterocycles. The molecule has 0 bridgehead atoms. The molecule has 6 heteroatoms. The average molecular weight is 565 g/mol. The van der Waals surface area contributed by atoms with Gasteiger partial charge in [0.2, 0.25) is 11.8 Å². The first-order valence-electron chi connectivity index (χ1n) is 14.2. The van der Waals surface area contributed by atoms with Crippen molar-refractivity contribution >= 4 is 25.1 Å². The van der Waals surface area contributed by atoms with Crippen LogP contribution in [-0.2, 0) is 22.6 Å². The minimum Gasteiger partial charge on any atom is -0.508 e. The first-order chi connectivity index (χ1) is 19.7. The van der Waals surface area contributed by atoms with Crippen LogP contribution in [0.5, 0.6) is 5.75 Å². The number of hydrogen-bond donors (Lipinski definition) is 2. The summed E-state index contributed by atoms with van der Waals surface area (Å²) in [5.41, 5.74) is 4.35. The largest absolute Gasteiger partial charge is 0.508 e. The number of nitrogens with zero attached hydrogens (tertiary/aromatic N) is 1. The Kier molecular flexibility index (Phi) is 10.1. The smallest absolute Gasteiger partial charge is 0.220 e. The van der Waals surface area contributed by atoms with E-state index in [1.807, 2.05) is 59.5 Å². The van der Waals surface area contributed by atoms with Gasteiger partial charge in [0.15, 0.2) is 0 Å². The third-order valence-electron chi connectivity index (χ3n) is 7.71. The number of amides is 2. The fourth-order valence-corrected chi connectivity index (χ4v) is 7.94. The first-order valence-corrected chi connectivity index (χ1v) is 17.4. The number of aromatic hydroxyl groups is 1. The maximum absolute atomic E-state index is 13.3. The van der Waals surface area contributed by atoms with Crippen LogP contribution in [0.1, 0.15) is 41.6 Å². The molecule has 0 spiro atoms. The lowest BCUT2D eigenvalue weighted by Gasteiger charge is -2.29. The number of phenols is 1. The topological polar surface area (TPSA) is 69.6 Å². The van der Waals surface area contributed by atoms with Gasteiger partial charge in [-0.15, -0.1) is 0 Å². The van der Waals surface area contributed by atoms with Crippen LogP contribution in [0, 0.1) is 0 Å². The average Bonchev–Trinajstić information content (AvgIpc) is 2.99. The van der Waals surface area contributed by atoms with Crippen LogP contribution in [0.15, 0.2) is 109 Å². The molecule has 41 heavy (non-hydrogen) atoms. The van der Waals surface area contributed by atoms with Gasteiger partial charge in [-0.2, -0.15) is 0 Å². The monoisotopic (exact) mass is 564 g/mol.